The van der Waals surface area contributed by atoms with Gasteiger partial charge in [-0.3, -0.25) is 4.79 Å². The smallest absolute Gasteiger partial charge is 0.264 e. The van der Waals surface area contributed by atoms with Crippen molar-refractivity contribution in [3.63, 3.8) is 0 Å². The Labute approximate surface area is 225 Å². The van der Waals surface area contributed by atoms with Gasteiger partial charge in [0.05, 0.1) is 11.4 Å². The summed E-state index contributed by atoms with van der Waals surface area (Å²) >= 11 is 0. The highest BCUT2D eigenvalue weighted by molar-refractivity contribution is 6.01. The molecule has 2 aromatic heterocycles. The molecule has 0 unspecified atom stereocenters. The van der Waals surface area contributed by atoms with Crippen molar-refractivity contribution in [2.75, 3.05) is 12.3 Å². The van der Waals surface area contributed by atoms with Gasteiger partial charge in [-0.15, -0.1) is 0 Å². The van der Waals surface area contributed by atoms with Crippen LogP contribution in [-0.2, 0) is 11.3 Å². The molecule has 9 heteroatoms. The highest BCUT2D eigenvalue weighted by atomic mass is 19.1. The summed E-state index contributed by atoms with van der Waals surface area (Å²) in [4.78, 5) is 23.6. The van der Waals surface area contributed by atoms with Gasteiger partial charge in [-0.2, -0.15) is 5.26 Å². The normalized spacial score (nSPS) is 17.4. The molecular formula is C30H27FN6O2. The average Bonchev–Trinajstić information content (AvgIpc) is 3.52. The van der Waals surface area contributed by atoms with Crippen LogP contribution in [0.3, 0.4) is 0 Å². The van der Waals surface area contributed by atoms with E-state index in [9.17, 15) is 10.1 Å². The van der Waals surface area contributed by atoms with Crippen molar-refractivity contribution in [1.29, 1.82) is 5.26 Å². The molecule has 2 N–H and O–H groups in total. The van der Waals surface area contributed by atoms with Gasteiger partial charge < -0.3 is 19.9 Å². The Morgan fingerprint density at radius 3 is 2.69 bits per heavy atom. The number of carbonyl (C=O) groups is 1. The summed E-state index contributed by atoms with van der Waals surface area (Å²) in [5.41, 5.74) is 7.96. The molecule has 1 amide bonds. The van der Waals surface area contributed by atoms with Crippen LogP contribution in [0.4, 0.5) is 10.2 Å². The lowest BCUT2D eigenvalue weighted by Crippen LogP contribution is -2.38. The summed E-state index contributed by atoms with van der Waals surface area (Å²) in [7, 11) is 0. The molecule has 1 saturated carbocycles. The van der Waals surface area contributed by atoms with Gasteiger partial charge in [-0.1, -0.05) is 24.3 Å². The minimum absolute atomic E-state index is 0.125. The van der Waals surface area contributed by atoms with E-state index >= 15 is 4.39 Å². The minimum Gasteiger partial charge on any atom is -0.457 e. The first kappa shape index (κ1) is 24.6. The second-order valence-corrected chi connectivity index (χ2v) is 10.0. The number of rotatable bonds is 7. The second kappa shape index (κ2) is 10.2. The number of hydrogen-bond donors (Lipinski definition) is 1. The summed E-state index contributed by atoms with van der Waals surface area (Å²) in [6.45, 7) is 1.03. The van der Waals surface area contributed by atoms with E-state index in [0.29, 0.717) is 52.7 Å². The van der Waals surface area contributed by atoms with Crippen LogP contribution in [0.5, 0.6) is 11.5 Å². The largest absolute Gasteiger partial charge is 0.457 e. The van der Waals surface area contributed by atoms with Gasteiger partial charge in [0.1, 0.15) is 46.8 Å². The topological polar surface area (TPSA) is 110 Å². The van der Waals surface area contributed by atoms with E-state index in [0.717, 1.165) is 25.7 Å². The van der Waals surface area contributed by atoms with Gasteiger partial charge in [-0.25, -0.2) is 14.4 Å². The van der Waals surface area contributed by atoms with Gasteiger partial charge in [-0.05, 0) is 55.9 Å². The number of fused-ring (bicyclic) bond motifs is 1. The van der Waals surface area contributed by atoms with Crippen LogP contribution < -0.4 is 10.5 Å². The third kappa shape index (κ3) is 4.93. The van der Waals surface area contributed by atoms with Crippen molar-refractivity contribution in [2.45, 2.75) is 38.3 Å². The predicted octanol–water partition coefficient (Wildman–Crippen LogP) is 5.46. The first-order valence-electron chi connectivity index (χ1n) is 13.1. The summed E-state index contributed by atoms with van der Waals surface area (Å²) in [5, 5.41) is 10.1. The Morgan fingerprint density at radius 2 is 1.95 bits per heavy atom. The third-order valence-electron chi connectivity index (χ3n) is 7.31. The standard InChI is InChI=1S/C30H27FN6O2/c31-26-14-23(39-22-6-2-1-3-7-22)10-11-24(26)25-17-36(29-27(25)28(33)34-18-35-29)16-21-5-4-12-37(21)30(38)20(15-32)13-19-8-9-19/h1-3,6-7,10-11,13-14,17-19,21H,4-5,8-9,12,16H2,(H2,33,34,35)/b20-13-/t21-/m0/s1. The molecule has 6 rings (SSSR count). The number of nitrogens with zero attached hydrogens (tertiary/aromatic N) is 5. The summed E-state index contributed by atoms with van der Waals surface area (Å²) in [6.07, 6.45) is 8.70. The van der Waals surface area contributed by atoms with Crippen molar-refractivity contribution < 1.29 is 13.9 Å². The fraction of sp³-hybridized carbons (Fsp3) is 0.267. The quantitative estimate of drug-likeness (QED) is 0.255. The number of amides is 1. The molecule has 1 atom stereocenters. The zero-order valence-electron chi connectivity index (χ0n) is 21.3. The lowest BCUT2D eigenvalue weighted by molar-refractivity contribution is -0.127. The summed E-state index contributed by atoms with van der Waals surface area (Å²) in [6, 6.07) is 15.9. The fourth-order valence-electron chi connectivity index (χ4n) is 5.22. The van der Waals surface area contributed by atoms with Crippen LogP contribution in [0.15, 0.2) is 72.7 Å². The Balaban J connectivity index is 1.32. The first-order chi connectivity index (χ1) is 19.0. The number of likely N-dealkylation sites (tertiary alicyclic amines) is 1. The van der Waals surface area contributed by atoms with Gasteiger partial charge in [0.2, 0.25) is 0 Å². The number of allylic oxidation sites excluding steroid dienone is 1. The maximum atomic E-state index is 15.5. The van der Waals surface area contributed by atoms with E-state index in [-0.39, 0.29) is 23.3 Å². The first-order valence-corrected chi connectivity index (χ1v) is 13.1. The van der Waals surface area contributed by atoms with Crippen molar-refractivity contribution in [2.24, 2.45) is 5.92 Å². The van der Waals surface area contributed by atoms with Crippen molar-refractivity contribution in [3.05, 3.63) is 78.5 Å². The molecular weight excluding hydrogens is 495 g/mol. The van der Waals surface area contributed by atoms with Crippen molar-refractivity contribution >= 4 is 22.8 Å². The number of benzene rings is 2. The lowest BCUT2D eigenvalue weighted by atomic mass is 10.1. The van der Waals surface area contributed by atoms with Crippen LogP contribution in [0, 0.1) is 23.1 Å². The Bertz CT molecular complexity index is 1620. The molecule has 0 radical (unpaired) electrons. The molecule has 1 saturated heterocycles. The number of nitriles is 1. The number of carbonyl (C=O) groups excluding carboxylic acids is 1. The van der Waals surface area contributed by atoms with Gasteiger partial charge >= 0.3 is 0 Å². The van der Waals surface area contributed by atoms with Crippen molar-refractivity contribution in [1.82, 2.24) is 19.4 Å². The molecule has 2 aromatic carbocycles. The highest BCUT2D eigenvalue weighted by Crippen LogP contribution is 2.37. The molecule has 3 heterocycles. The molecule has 196 valence electrons. The molecule has 2 aliphatic rings. The summed E-state index contributed by atoms with van der Waals surface area (Å²) < 4.78 is 23.1. The van der Waals surface area contributed by atoms with E-state index in [1.807, 2.05) is 35.0 Å². The molecule has 1 aliphatic heterocycles. The van der Waals surface area contributed by atoms with E-state index in [2.05, 4.69) is 16.0 Å². The van der Waals surface area contributed by atoms with Crippen LogP contribution >= 0.6 is 0 Å². The Kier molecular flexibility index (Phi) is 6.45. The molecule has 1 aliphatic carbocycles. The minimum atomic E-state index is -0.465. The highest BCUT2D eigenvalue weighted by Gasteiger charge is 2.33. The van der Waals surface area contributed by atoms with Crippen LogP contribution in [0.25, 0.3) is 22.2 Å². The Hall–Kier alpha value is -4.71. The number of ether oxygens (including phenoxy) is 1. The fourth-order valence-corrected chi connectivity index (χ4v) is 5.22. The van der Waals surface area contributed by atoms with Crippen LogP contribution in [0.1, 0.15) is 25.7 Å². The predicted molar refractivity (Wildman–Crippen MR) is 145 cm³/mol. The van der Waals surface area contributed by atoms with Crippen LogP contribution in [-0.4, -0.2) is 37.9 Å². The van der Waals surface area contributed by atoms with Gasteiger partial charge in [0.15, 0.2) is 0 Å². The van der Waals surface area contributed by atoms with Crippen molar-refractivity contribution in [3.8, 4) is 28.7 Å². The van der Waals surface area contributed by atoms with E-state index < -0.39 is 5.82 Å². The van der Waals surface area contributed by atoms with Gasteiger partial charge in [0.25, 0.3) is 5.91 Å². The lowest BCUT2D eigenvalue weighted by Gasteiger charge is -2.25. The Morgan fingerprint density at radius 1 is 1.13 bits per heavy atom. The number of halogens is 1. The van der Waals surface area contributed by atoms with E-state index in [1.165, 1.54) is 12.4 Å². The molecule has 2 fully saturated rings. The molecule has 0 spiro atoms. The molecule has 4 aromatic rings. The zero-order valence-corrected chi connectivity index (χ0v) is 21.3. The SMILES string of the molecule is N#C/C(=C/C1CC1)C(=O)N1CCC[C@H]1Cn1cc(-c2ccc(Oc3ccccc3)cc2F)c2c(N)ncnc21. The monoisotopic (exact) mass is 522 g/mol. The maximum absolute atomic E-state index is 15.5. The van der Waals surface area contributed by atoms with Gasteiger partial charge in [0, 0.05) is 36.5 Å². The third-order valence-corrected chi connectivity index (χ3v) is 7.31. The zero-order chi connectivity index (χ0) is 26.9. The molecule has 8 nitrogen and oxygen atoms in total. The number of hydrogen-bond acceptors (Lipinski definition) is 6. The molecule has 39 heavy (non-hydrogen) atoms. The second-order valence-electron chi connectivity index (χ2n) is 10.0. The number of nitrogens with two attached hydrogens (primary N) is 1. The maximum Gasteiger partial charge on any atom is 0.264 e. The van der Waals surface area contributed by atoms with E-state index in [4.69, 9.17) is 10.5 Å². The number of aromatic nitrogens is 3. The number of nitrogen functional groups attached to an aromatic ring is 1. The van der Waals surface area contributed by atoms with E-state index in [1.54, 1.807) is 29.2 Å². The number of para-hydroxylation sites is 1. The summed E-state index contributed by atoms with van der Waals surface area (Å²) in [5.74, 6) is 0.880. The average molecular weight is 523 g/mol. The number of anilines is 1. The van der Waals surface area contributed by atoms with Crippen LogP contribution in [0.2, 0.25) is 0 Å². The molecule has 0 bridgehead atoms.